The SMILES string of the molecule is NC1(CCc2ccccc2)CC(O)C1. The average molecular weight is 191 g/mol. The largest absolute Gasteiger partial charge is 0.393 e. The number of nitrogens with two attached hydrogens (primary N) is 1. The molecule has 1 saturated carbocycles. The lowest BCUT2D eigenvalue weighted by atomic mass is 9.72. The Labute approximate surface area is 84.7 Å². The lowest BCUT2D eigenvalue weighted by molar-refractivity contribution is 0.0189. The van der Waals surface area contributed by atoms with E-state index in [0.29, 0.717) is 0 Å². The molecule has 1 aliphatic rings. The lowest BCUT2D eigenvalue weighted by Crippen LogP contribution is -2.54. The Morgan fingerprint density at radius 1 is 1.29 bits per heavy atom. The van der Waals surface area contributed by atoms with Crippen molar-refractivity contribution in [2.45, 2.75) is 37.3 Å². The first-order valence-electron chi connectivity index (χ1n) is 5.19. The number of rotatable bonds is 3. The van der Waals surface area contributed by atoms with E-state index in [-0.39, 0.29) is 11.6 Å². The Bertz CT molecular complexity index is 290. The van der Waals surface area contributed by atoms with E-state index in [1.807, 2.05) is 18.2 Å². The molecule has 76 valence electrons. The third-order valence-electron chi connectivity index (χ3n) is 3.04. The Hall–Kier alpha value is -0.860. The van der Waals surface area contributed by atoms with Gasteiger partial charge < -0.3 is 10.8 Å². The molecule has 2 heteroatoms. The second-order valence-corrected chi connectivity index (χ2v) is 4.41. The molecule has 0 aromatic heterocycles. The topological polar surface area (TPSA) is 46.2 Å². The van der Waals surface area contributed by atoms with Crippen LogP contribution in [-0.2, 0) is 6.42 Å². The van der Waals surface area contributed by atoms with Gasteiger partial charge in [-0.1, -0.05) is 30.3 Å². The van der Waals surface area contributed by atoms with Crippen molar-refractivity contribution in [3.63, 3.8) is 0 Å². The Kier molecular flexibility index (Phi) is 2.57. The Balaban J connectivity index is 1.83. The van der Waals surface area contributed by atoms with E-state index in [0.717, 1.165) is 25.7 Å². The van der Waals surface area contributed by atoms with Crippen LogP contribution in [0.5, 0.6) is 0 Å². The highest BCUT2D eigenvalue weighted by Crippen LogP contribution is 2.33. The second-order valence-electron chi connectivity index (χ2n) is 4.41. The third-order valence-corrected chi connectivity index (χ3v) is 3.04. The first kappa shape index (κ1) is 9.69. The highest BCUT2D eigenvalue weighted by atomic mass is 16.3. The van der Waals surface area contributed by atoms with Gasteiger partial charge in [0.05, 0.1) is 6.10 Å². The molecule has 14 heavy (non-hydrogen) atoms. The molecule has 0 amide bonds. The number of hydrogen-bond donors (Lipinski definition) is 2. The van der Waals surface area contributed by atoms with Gasteiger partial charge in [0.25, 0.3) is 0 Å². The summed E-state index contributed by atoms with van der Waals surface area (Å²) < 4.78 is 0. The predicted octanol–water partition coefficient (Wildman–Crippen LogP) is 1.47. The molecule has 3 N–H and O–H groups in total. The van der Waals surface area contributed by atoms with Gasteiger partial charge in [0.15, 0.2) is 0 Å². The summed E-state index contributed by atoms with van der Waals surface area (Å²) in [5, 5.41) is 9.20. The maximum absolute atomic E-state index is 9.20. The van der Waals surface area contributed by atoms with Crippen LogP contribution in [0, 0.1) is 0 Å². The molecule has 0 spiro atoms. The van der Waals surface area contributed by atoms with Crippen molar-refractivity contribution in [2.24, 2.45) is 5.73 Å². The van der Waals surface area contributed by atoms with Gasteiger partial charge in [-0.2, -0.15) is 0 Å². The van der Waals surface area contributed by atoms with Crippen LogP contribution in [-0.4, -0.2) is 16.7 Å². The van der Waals surface area contributed by atoms with Crippen LogP contribution in [0.15, 0.2) is 30.3 Å². The van der Waals surface area contributed by atoms with E-state index < -0.39 is 0 Å². The molecule has 1 aliphatic carbocycles. The van der Waals surface area contributed by atoms with Gasteiger partial charge in [0.2, 0.25) is 0 Å². The number of aliphatic hydroxyl groups is 1. The smallest absolute Gasteiger partial charge is 0.0575 e. The van der Waals surface area contributed by atoms with Crippen molar-refractivity contribution in [2.75, 3.05) is 0 Å². The van der Waals surface area contributed by atoms with Gasteiger partial charge in [0, 0.05) is 5.54 Å². The van der Waals surface area contributed by atoms with Crippen LogP contribution in [0.2, 0.25) is 0 Å². The standard InChI is InChI=1S/C12H17NO/c13-12(8-11(14)9-12)7-6-10-4-2-1-3-5-10/h1-5,11,14H,6-9,13H2. The number of aliphatic hydroxyl groups excluding tert-OH is 1. The van der Waals surface area contributed by atoms with Crippen molar-refractivity contribution in [3.05, 3.63) is 35.9 Å². The van der Waals surface area contributed by atoms with Crippen LogP contribution in [0.1, 0.15) is 24.8 Å². The molecule has 1 aromatic rings. The molecule has 0 heterocycles. The van der Waals surface area contributed by atoms with E-state index in [1.54, 1.807) is 0 Å². The first-order chi connectivity index (χ1) is 6.68. The van der Waals surface area contributed by atoms with Crippen LogP contribution in [0.4, 0.5) is 0 Å². The fourth-order valence-electron chi connectivity index (χ4n) is 2.12. The summed E-state index contributed by atoms with van der Waals surface area (Å²) in [6.45, 7) is 0. The molecule has 0 aliphatic heterocycles. The van der Waals surface area contributed by atoms with Gasteiger partial charge in [-0.05, 0) is 31.2 Å². The van der Waals surface area contributed by atoms with E-state index >= 15 is 0 Å². The average Bonchev–Trinajstić information content (AvgIpc) is 2.15. The summed E-state index contributed by atoms with van der Waals surface area (Å²) in [6, 6.07) is 10.4. The summed E-state index contributed by atoms with van der Waals surface area (Å²) >= 11 is 0. The summed E-state index contributed by atoms with van der Waals surface area (Å²) in [6.07, 6.45) is 3.37. The van der Waals surface area contributed by atoms with E-state index in [9.17, 15) is 5.11 Å². The molecular weight excluding hydrogens is 174 g/mol. The lowest BCUT2D eigenvalue weighted by Gasteiger charge is -2.42. The van der Waals surface area contributed by atoms with Crippen molar-refractivity contribution in [1.29, 1.82) is 0 Å². The molecular formula is C12H17NO. The molecule has 2 nitrogen and oxygen atoms in total. The van der Waals surface area contributed by atoms with Gasteiger partial charge in [-0.25, -0.2) is 0 Å². The van der Waals surface area contributed by atoms with Crippen LogP contribution in [0.3, 0.4) is 0 Å². The predicted molar refractivity (Wildman–Crippen MR) is 56.9 cm³/mol. The minimum Gasteiger partial charge on any atom is -0.393 e. The quantitative estimate of drug-likeness (QED) is 0.760. The zero-order valence-corrected chi connectivity index (χ0v) is 8.32. The van der Waals surface area contributed by atoms with E-state index in [1.165, 1.54) is 5.56 Å². The van der Waals surface area contributed by atoms with Crippen molar-refractivity contribution < 1.29 is 5.11 Å². The van der Waals surface area contributed by atoms with Gasteiger partial charge in [0.1, 0.15) is 0 Å². The third kappa shape index (κ3) is 2.14. The number of aryl methyl sites for hydroxylation is 1. The summed E-state index contributed by atoms with van der Waals surface area (Å²) in [5.41, 5.74) is 7.31. The summed E-state index contributed by atoms with van der Waals surface area (Å²) in [7, 11) is 0. The maximum atomic E-state index is 9.20. The minimum absolute atomic E-state index is 0.102. The van der Waals surface area contributed by atoms with Gasteiger partial charge in [-0.15, -0.1) is 0 Å². The fraction of sp³-hybridized carbons (Fsp3) is 0.500. The van der Waals surface area contributed by atoms with E-state index in [4.69, 9.17) is 5.73 Å². The fourth-order valence-corrected chi connectivity index (χ4v) is 2.12. The van der Waals surface area contributed by atoms with E-state index in [2.05, 4.69) is 12.1 Å². The van der Waals surface area contributed by atoms with Crippen molar-refractivity contribution in [1.82, 2.24) is 0 Å². The van der Waals surface area contributed by atoms with Crippen molar-refractivity contribution >= 4 is 0 Å². The zero-order chi connectivity index (χ0) is 10.0. The molecule has 1 fully saturated rings. The second kappa shape index (κ2) is 3.71. The minimum atomic E-state index is -0.157. The highest BCUT2D eigenvalue weighted by molar-refractivity contribution is 5.16. The molecule has 0 bridgehead atoms. The van der Waals surface area contributed by atoms with Crippen molar-refractivity contribution in [3.8, 4) is 0 Å². The first-order valence-corrected chi connectivity index (χ1v) is 5.19. The molecule has 0 atom stereocenters. The monoisotopic (exact) mass is 191 g/mol. The van der Waals surface area contributed by atoms with Gasteiger partial charge in [-0.3, -0.25) is 0 Å². The van der Waals surface area contributed by atoms with Gasteiger partial charge >= 0.3 is 0 Å². The molecule has 1 aromatic carbocycles. The Morgan fingerprint density at radius 3 is 2.50 bits per heavy atom. The number of benzene rings is 1. The van der Waals surface area contributed by atoms with Crippen LogP contribution in [0.25, 0.3) is 0 Å². The normalized spacial score (nSPS) is 31.1. The van der Waals surface area contributed by atoms with Crippen LogP contribution < -0.4 is 5.73 Å². The summed E-state index contributed by atoms with van der Waals surface area (Å²) in [5.74, 6) is 0. The zero-order valence-electron chi connectivity index (χ0n) is 8.32. The highest BCUT2D eigenvalue weighted by Gasteiger charge is 2.39. The Morgan fingerprint density at radius 2 is 1.93 bits per heavy atom. The molecule has 2 rings (SSSR count). The maximum Gasteiger partial charge on any atom is 0.0575 e. The number of hydrogen-bond acceptors (Lipinski definition) is 2. The molecule has 0 unspecified atom stereocenters. The molecule has 0 radical (unpaired) electrons. The summed E-state index contributed by atoms with van der Waals surface area (Å²) in [4.78, 5) is 0. The molecule has 0 saturated heterocycles. The van der Waals surface area contributed by atoms with Crippen LogP contribution >= 0.6 is 0 Å².